The highest BCUT2D eigenvalue weighted by molar-refractivity contribution is 5.68. The predicted molar refractivity (Wildman–Crippen MR) is 83.3 cm³/mol. The van der Waals surface area contributed by atoms with Crippen LogP contribution in [0.15, 0.2) is 18.2 Å². The highest BCUT2D eigenvalue weighted by Gasteiger charge is 2.39. The van der Waals surface area contributed by atoms with Crippen LogP contribution >= 0.6 is 0 Å². The molecule has 1 aromatic rings. The molecule has 2 heterocycles. The molecular formula is C17H23N3O2. The van der Waals surface area contributed by atoms with Gasteiger partial charge in [-0.25, -0.2) is 4.79 Å². The number of carbonyl (C=O) groups excluding carboxylic acids is 1. The number of aromatic nitrogens is 1. The average Bonchev–Trinajstić information content (AvgIpc) is 2.45. The van der Waals surface area contributed by atoms with Gasteiger partial charge < -0.3 is 9.64 Å². The van der Waals surface area contributed by atoms with Crippen molar-refractivity contribution >= 4 is 6.09 Å². The van der Waals surface area contributed by atoms with Crippen LogP contribution in [0.4, 0.5) is 4.79 Å². The molecule has 0 N–H and O–H groups in total. The summed E-state index contributed by atoms with van der Waals surface area (Å²) < 4.78 is 5.39. The van der Waals surface area contributed by atoms with E-state index in [4.69, 9.17) is 4.74 Å². The quantitative estimate of drug-likeness (QED) is 0.799. The number of piperidine rings is 1. The number of nitrogens with zero attached hydrogens (tertiary/aromatic N) is 3. The van der Waals surface area contributed by atoms with E-state index in [9.17, 15) is 10.1 Å². The Hall–Kier alpha value is -2.09. The van der Waals surface area contributed by atoms with E-state index >= 15 is 0 Å². The van der Waals surface area contributed by atoms with Crippen molar-refractivity contribution < 1.29 is 9.53 Å². The Kier molecular flexibility index (Phi) is 4.41. The molecule has 0 atom stereocenters. The summed E-state index contributed by atoms with van der Waals surface area (Å²) in [6, 6.07) is 8.18. The molecule has 0 bridgehead atoms. The van der Waals surface area contributed by atoms with E-state index in [0.29, 0.717) is 25.9 Å². The molecule has 0 aliphatic carbocycles. The fraction of sp³-hybridized carbons (Fsp3) is 0.588. The number of pyridine rings is 1. The summed E-state index contributed by atoms with van der Waals surface area (Å²) in [7, 11) is 0. The summed E-state index contributed by atoms with van der Waals surface area (Å²) in [5.74, 6) is 0. The zero-order valence-corrected chi connectivity index (χ0v) is 13.7. The summed E-state index contributed by atoms with van der Waals surface area (Å²) in [6.45, 7) is 8.50. The van der Waals surface area contributed by atoms with Crippen LogP contribution in [0.5, 0.6) is 0 Å². The first-order chi connectivity index (χ1) is 10.3. The molecule has 0 aromatic carbocycles. The van der Waals surface area contributed by atoms with Crippen molar-refractivity contribution in [2.45, 2.75) is 51.6 Å². The number of nitriles is 1. The van der Waals surface area contributed by atoms with E-state index in [0.717, 1.165) is 11.4 Å². The van der Waals surface area contributed by atoms with Crippen molar-refractivity contribution in [2.24, 2.45) is 0 Å². The standard InChI is InChI=1S/C17H23N3O2/c1-13-6-5-7-14(19-13)17(12-18)8-10-20(11-9-17)15(21)22-16(2,3)4/h5-7H,8-11H2,1-4H3. The Labute approximate surface area is 131 Å². The van der Waals surface area contributed by atoms with E-state index in [-0.39, 0.29) is 6.09 Å². The van der Waals surface area contributed by atoms with Gasteiger partial charge in [-0.1, -0.05) is 6.07 Å². The number of carbonyl (C=O) groups is 1. The van der Waals surface area contributed by atoms with Gasteiger partial charge in [0.05, 0.1) is 11.8 Å². The molecule has 5 nitrogen and oxygen atoms in total. The van der Waals surface area contributed by atoms with E-state index in [2.05, 4.69) is 11.1 Å². The van der Waals surface area contributed by atoms with Gasteiger partial charge in [0.15, 0.2) is 0 Å². The van der Waals surface area contributed by atoms with Crippen LogP contribution in [-0.4, -0.2) is 34.7 Å². The van der Waals surface area contributed by atoms with Crippen molar-refractivity contribution in [2.75, 3.05) is 13.1 Å². The molecule has 2 rings (SSSR count). The van der Waals surface area contributed by atoms with Gasteiger partial charge in [0.1, 0.15) is 11.0 Å². The molecule has 22 heavy (non-hydrogen) atoms. The van der Waals surface area contributed by atoms with Gasteiger partial charge >= 0.3 is 6.09 Å². The molecule has 1 saturated heterocycles. The van der Waals surface area contributed by atoms with Crippen LogP contribution in [0.3, 0.4) is 0 Å². The second-order valence-corrected chi connectivity index (χ2v) is 6.83. The summed E-state index contributed by atoms with van der Waals surface area (Å²) in [5.41, 5.74) is 0.601. The fourth-order valence-electron chi connectivity index (χ4n) is 2.63. The van der Waals surface area contributed by atoms with Gasteiger partial charge in [0.25, 0.3) is 0 Å². The van der Waals surface area contributed by atoms with Crippen molar-refractivity contribution in [3.05, 3.63) is 29.6 Å². The Morgan fingerprint density at radius 1 is 1.36 bits per heavy atom. The molecule has 5 heteroatoms. The number of ether oxygens (including phenoxy) is 1. The third kappa shape index (κ3) is 3.56. The molecule has 0 radical (unpaired) electrons. The third-order valence-corrected chi connectivity index (χ3v) is 3.86. The van der Waals surface area contributed by atoms with Crippen molar-refractivity contribution in [3.63, 3.8) is 0 Å². The lowest BCUT2D eigenvalue weighted by Crippen LogP contribution is -2.46. The first-order valence-corrected chi connectivity index (χ1v) is 7.59. The van der Waals surface area contributed by atoms with E-state index in [1.54, 1.807) is 4.90 Å². The lowest BCUT2D eigenvalue weighted by atomic mass is 9.76. The molecule has 1 aromatic heterocycles. The zero-order chi connectivity index (χ0) is 16.4. The smallest absolute Gasteiger partial charge is 0.410 e. The highest BCUT2D eigenvalue weighted by atomic mass is 16.6. The molecule has 118 valence electrons. The van der Waals surface area contributed by atoms with E-state index < -0.39 is 11.0 Å². The molecule has 0 unspecified atom stereocenters. The minimum absolute atomic E-state index is 0.309. The normalized spacial score (nSPS) is 17.7. The fourth-order valence-corrected chi connectivity index (χ4v) is 2.63. The van der Waals surface area contributed by atoms with Gasteiger partial charge in [-0.3, -0.25) is 4.98 Å². The number of amides is 1. The van der Waals surface area contributed by atoms with E-state index in [1.165, 1.54) is 0 Å². The maximum absolute atomic E-state index is 12.1. The Morgan fingerprint density at radius 3 is 2.50 bits per heavy atom. The summed E-state index contributed by atoms with van der Waals surface area (Å²) >= 11 is 0. The van der Waals surface area contributed by atoms with Crippen molar-refractivity contribution in [1.29, 1.82) is 5.26 Å². The third-order valence-electron chi connectivity index (χ3n) is 3.86. The second-order valence-electron chi connectivity index (χ2n) is 6.83. The van der Waals surface area contributed by atoms with Crippen LogP contribution in [0.1, 0.15) is 45.0 Å². The topological polar surface area (TPSA) is 66.2 Å². The predicted octanol–water partition coefficient (Wildman–Crippen LogP) is 3.18. The van der Waals surface area contributed by atoms with Crippen molar-refractivity contribution in [3.8, 4) is 6.07 Å². The molecular weight excluding hydrogens is 278 g/mol. The van der Waals surface area contributed by atoms with Gasteiger partial charge in [0.2, 0.25) is 0 Å². The number of aryl methyl sites for hydroxylation is 1. The molecule has 1 aliphatic heterocycles. The summed E-state index contributed by atoms with van der Waals surface area (Å²) in [4.78, 5) is 18.3. The van der Waals surface area contributed by atoms with Crippen molar-refractivity contribution in [1.82, 2.24) is 9.88 Å². The number of rotatable bonds is 1. The first kappa shape index (κ1) is 16.3. The lowest BCUT2D eigenvalue weighted by Gasteiger charge is -2.37. The maximum Gasteiger partial charge on any atom is 0.410 e. The van der Waals surface area contributed by atoms with Crippen LogP contribution in [0, 0.1) is 18.3 Å². The summed E-state index contributed by atoms with van der Waals surface area (Å²) in [5, 5.41) is 9.67. The molecule has 0 saturated carbocycles. The van der Waals surface area contributed by atoms with Gasteiger partial charge in [0, 0.05) is 18.8 Å². The van der Waals surface area contributed by atoms with Crippen LogP contribution in [0.25, 0.3) is 0 Å². The zero-order valence-electron chi connectivity index (χ0n) is 13.7. The Morgan fingerprint density at radius 2 is 2.00 bits per heavy atom. The number of hydrogen-bond donors (Lipinski definition) is 0. The lowest BCUT2D eigenvalue weighted by molar-refractivity contribution is 0.0184. The van der Waals surface area contributed by atoms with Gasteiger partial charge in [-0.05, 0) is 52.7 Å². The van der Waals surface area contributed by atoms with Gasteiger partial charge in [-0.15, -0.1) is 0 Å². The molecule has 1 amide bonds. The van der Waals surface area contributed by atoms with E-state index in [1.807, 2.05) is 45.9 Å². The summed E-state index contributed by atoms with van der Waals surface area (Å²) in [6.07, 6.45) is 0.856. The average molecular weight is 301 g/mol. The Balaban J connectivity index is 2.09. The molecule has 1 aliphatic rings. The number of hydrogen-bond acceptors (Lipinski definition) is 4. The molecule has 0 spiro atoms. The maximum atomic E-state index is 12.1. The first-order valence-electron chi connectivity index (χ1n) is 7.59. The largest absolute Gasteiger partial charge is 0.444 e. The highest BCUT2D eigenvalue weighted by Crippen LogP contribution is 2.34. The Bertz CT molecular complexity index is 591. The van der Waals surface area contributed by atoms with Crippen LogP contribution in [0.2, 0.25) is 0 Å². The van der Waals surface area contributed by atoms with Gasteiger partial charge in [-0.2, -0.15) is 5.26 Å². The minimum Gasteiger partial charge on any atom is -0.444 e. The minimum atomic E-state index is -0.607. The number of likely N-dealkylation sites (tertiary alicyclic amines) is 1. The monoisotopic (exact) mass is 301 g/mol. The SMILES string of the molecule is Cc1cccc(C2(C#N)CCN(C(=O)OC(C)(C)C)CC2)n1. The second kappa shape index (κ2) is 5.96. The van der Waals surface area contributed by atoms with Crippen LogP contribution < -0.4 is 0 Å². The van der Waals surface area contributed by atoms with Crippen LogP contribution in [-0.2, 0) is 10.2 Å². The molecule has 1 fully saturated rings.